The molecule has 1 saturated heterocycles. The van der Waals surface area contributed by atoms with Crippen LogP contribution in [-0.2, 0) is 4.74 Å². The number of urea groups is 1. The van der Waals surface area contributed by atoms with E-state index in [1.54, 1.807) is 12.4 Å². The van der Waals surface area contributed by atoms with E-state index in [9.17, 15) is 4.79 Å². The summed E-state index contributed by atoms with van der Waals surface area (Å²) in [5, 5.41) is 14.5. The van der Waals surface area contributed by atoms with E-state index in [0.29, 0.717) is 34.7 Å². The van der Waals surface area contributed by atoms with Gasteiger partial charge in [-0.25, -0.2) is 9.78 Å². The summed E-state index contributed by atoms with van der Waals surface area (Å²) in [5.41, 5.74) is 1.31. The van der Waals surface area contributed by atoms with Crippen molar-refractivity contribution >= 4 is 34.0 Å². The number of rotatable bonds is 4. The van der Waals surface area contributed by atoms with Crippen LogP contribution in [0.15, 0.2) is 42.7 Å². The average molecular weight is 383 g/mol. The Hall–Kier alpha value is -3.11. The molecule has 4 heterocycles. The van der Waals surface area contributed by atoms with Crippen LogP contribution in [0.25, 0.3) is 10.7 Å². The molecule has 138 valence electrons. The number of nitrogens with one attached hydrogen (secondary N) is 2. The van der Waals surface area contributed by atoms with E-state index in [1.807, 2.05) is 30.3 Å². The number of nitrogens with zero attached hydrogens (tertiary/aromatic N) is 5. The minimum atomic E-state index is -0.403. The molecule has 2 amide bonds. The molecule has 3 aromatic heterocycles. The predicted molar refractivity (Wildman–Crippen MR) is 103 cm³/mol. The van der Waals surface area contributed by atoms with Gasteiger partial charge < -0.3 is 15.0 Å². The third kappa shape index (κ3) is 4.36. The lowest BCUT2D eigenvalue weighted by Crippen LogP contribution is -2.36. The summed E-state index contributed by atoms with van der Waals surface area (Å²) in [5.74, 6) is 0.869. The number of anilines is 3. The molecule has 4 rings (SSSR count). The summed E-state index contributed by atoms with van der Waals surface area (Å²) in [4.78, 5) is 22.9. The SMILES string of the molecule is O=C(Nc1ccc(N2CCOCC2)nc1)Nc1nnc(-c2ccccn2)s1. The first-order valence-corrected chi connectivity index (χ1v) is 9.21. The Kier molecular flexibility index (Phi) is 5.17. The van der Waals surface area contributed by atoms with Gasteiger partial charge in [0.1, 0.15) is 11.5 Å². The minimum Gasteiger partial charge on any atom is -0.378 e. The summed E-state index contributed by atoms with van der Waals surface area (Å²) < 4.78 is 5.34. The maximum atomic E-state index is 12.2. The summed E-state index contributed by atoms with van der Waals surface area (Å²) in [6.45, 7) is 3.03. The van der Waals surface area contributed by atoms with Crippen molar-refractivity contribution < 1.29 is 9.53 Å². The minimum absolute atomic E-state index is 0.394. The molecule has 2 N–H and O–H groups in total. The first-order valence-electron chi connectivity index (χ1n) is 8.39. The van der Waals surface area contributed by atoms with Gasteiger partial charge in [-0.1, -0.05) is 17.4 Å². The maximum Gasteiger partial charge on any atom is 0.325 e. The van der Waals surface area contributed by atoms with Crippen molar-refractivity contribution in [2.45, 2.75) is 0 Å². The number of carbonyl (C=O) groups excluding carboxylic acids is 1. The van der Waals surface area contributed by atoms with Gasteiger partial charge in [0.15, 0.2) is 5.01 Å². The summed E-state index contributed by atoms with van der Waals surface area (Å²) >= 11 is 1.26. The van der Waals surface area contributed by atoms with Crippen LogP contribution in [0.1, 0.15) is 0 Å². The number of hydrogen-bond acceptors (Lipinski definition) is 8. The van der Waals surface area contributed by atoms with Crippen molar-refractivity contribution in [1.29, 1.82) is 0 Å². The molecule has 10 heteroatoms. The van der Waals surface area contributed by atoms with Crippen LogP contribution in [0.4, 0.5) is 21.4 Å². The predicted octanol–water partition coefficient (Wildman–Crippen LogP) is 2.48. The Balaban J connectivity index is 1.35. The van der Waals surface area contributed by atoms with Gasteiger partial charge in [0.2, 0.25) is 5.13 Å². The van der Waals surface area contributed by atoms with Crippen molar-refractivity contribution in [2.24, 2.45) is 0 Å². The lowest BCUT2D eigenvalue weighted by Gasteiger charge is -2.27. The lowest BCUT2D eigenvalue weighted by molar-refractivity contribution is 0.122. The van der Waals surface area contributed by atoms with Crippen LogP contribution in [0.2, 0.25) is 0 Å². The normalized spacial score (nSPS) is 14.0. The van der Waals surface area contributed by atoms with Crippen LogP contribution in [0.3, 0.4) is 0 Å². The summed E-state index contributed by atoms with van der Waals surface area (Å²) in [6.07, 6.45) is 3.31. The van der Waals surface area contributed by atoms with Gasteiger partial charge in [0.05, 0.1) is 25.1 Å². The Morgan fingerprint density at radius 1 is 1.07 bits per heavy atom. The fraction of sp³-hybridized carbons (Fsp3) is 0.235. The number of aromatic nitrogens is 4. The molecule has 27 heavy (non-hydrogen) atoms. The molecule has 0 radical (unpaired) electrons. The fourth-order valence-corrected chi connectivity index (χ4v) is 3.28. The van der Waals surface area contributed by atoms with Gasteiger partial charge in [-0.3, -0.25) is 10.3 Å². The second-order valence-electron chi connectivity index (χ2n) is 5.71. The monoisotopic (exact) mass is 383 g/mol. The number of pyridine rings is 2. The Morgan fingerprint density at radius 2 is 1.96 bits per heavy atom. The average Bonchev–Trinajstić information content (AvgIpc) is 3.18. The van der Waals surface area contributed by atoms with Gasteiger partial charge in [0.25, 0.3) is 0 Å². The van der Waals surface area contributed by atoms with Gasteiger partial charge in [-0.05, 0) is 24.3 Å². The number of carbonyl (C=O) groups is 1. The molecule has 0 spiro atoms. The number of ether oxygens (including phenoxy) is 1. The number of amides is 2. The first kappa shape index (κ1) is 17.3. The highest BCUT2D eigenvalue weighted by atomic mass is 32.1. The quantitative estimate of drug-likeness (QED) is 0.713. The zero-order chi connectivity index (χ0) is 18.5. The standard InChI is InChI=1S/C17H17N7O2S/c25-16(21-17-23-22-15(27-17)13-3-1-2-6-18-13)20-12-4-5-14(19-11-12)24-7-9-26-10-8-24/h1-6,11H,7-10H2,(H2,20,21,23,25). The van der Waals surface area contributed by atoms with E-state index in [1.165, 1.54) is 11.3 Å². The second kappa shape index (κ2) is 8.06. The van der Waals surface area contributed by atoms with Crippen molar-refractivity contribution in [3.63, 3.8) is 0 Å². The highest BCUT2D eigenvalue weighted by Crippen LogP contribution is 2.24. The van der Waals surface area contributed by atoms with E-state index in [0.717, 1.165) is 18.9 Å². The summed E-state index contributed by atoms with van der Waals surface area (Å²) in [6, 6.07) is 8.83. The van der Waals surface area contributed by atoms with E-state index in [2.05, 4.69) is 35.7 Å². The third-order valence-electron chi connectivity index (χ3n) is 3.87. The highest BCUT2D eigenvalue weighted by molar-refractivity contribution is 7.18. The van der Waals surface area contributed by atoms with E-state index < -0.39 is 6.03 Å². The fourth-order valence-electron chi connectivity index (χ4n) is 2.57. The Morgan fingerprint density at radius 3 is 2.70 bits per heavy atom. The second-order valence-corrected chi connectivity index (χ2v) is 6.69. The molecule has 0 atom stereocenters. The smallest absolute Gasteiger partial charge is 0.325 e. The van der Waals surface area contributed by atoms with Gasteiger partial charge in [-0.15, -0.1) is 10.2 Å². The molecule has 0 saturated carbocycles. The molecule has 0 bridgehead atoms. The molecular weight excluding hydrogens is 366 g/mol. The summed E-state index contributed by atoms with van der Waals surface area (Å²) in [7, 11) is 0. The maximum absolute atomic E-state index is 12.2. The highest BCUT2D eigenvalue weighted by Gasteiger charge is 2.13. The Bertz CT molecular complexity index is 895. The van der Waals surface area contributed by atoms with Crippen LogP contribution < -0.4 is 15.5 Å². The van der Waals surface area contributed by atoms with E-state index >= 15 is 0 Å². The molecule has 0 unspecified atom stereocenters. The Labute approximate surface area is 159 Å². The lowest BCUT2D eigenvalue weighted by atomic mass is 10.3. The van der Waals surface area contributed by atoms with Crippen molar-refractivity contribution in [3.8, 4) is 10.7 Å². The molecule has 0 aromatic carbocycles. The van der Waals surface area contributed by atoms with E-state index in [-0.39, 0.29) is 0 Å². The van der Waals surface area contributed by atoms with Gasteiger partial charge in [0, 0.05) is 19.3 Å². The van der Waals surface area contributed by atoms with Crippen molar-refractivity contribution in [2.75, 3.05) is 41.8 Å². The molecular formula is C17H17N7O2S. The molecule has 3 aromatic rings. The molecule has 1 fully saturated rings. The topological polar surface area (TPSA) is 105 Å². The van der Waals surface area contributed by atoms with Crippen LogP contribution in [0, 0.1) is 0 Å². The van der Waals surface area contributed by atoms with Crippen LogP contribution in [0.5, 0.6) is 0 Å². The molecule has 9 nitrogen and oxygen atoms in total. The van der Waals surface area contributed by atoms with Gasteiger partial charge in [-0.2, -0.15) is 0 Å². The van der Waals surface area contributed by atoms with Crippen LogP contribution in [-0.4, -0.2) is 52.5 Å². The first-order chi connectivity index (χ1) is 13.3. The third-order valence-corrected chi connectivity index (χ3v) is 4.73. The van der Waals surface area contributed by atoms with Crippen molar-refractivity contribution in [1.82, 2.24) is 20.2 Å². The number of hydrogen-bond donors (Lipinski definition) is 2. The molecule has 0 aliphatic carbocycles. The zero-order valence-electron chi connectivity index (χ0n) is 14.3. The molecule has 1 aliphatic heterocycles. The van der Waals surface area contributed by atoms with E-state index in [4.69, 9.17) is 4.74 Å². The molecule has 1 aliphatic rings. The zero-order valence-corrected chi connectivity index (χ0v) is 15.1. The van der Waals surface area contributed by atoms with Crippen LogP contribution >= 0.6 is 11.3 Å². The van der Waals surface area contributed by atoms with Gasteiger partial charge >= 0.3 is 6.03 Å². The largest absolute Gasteiger partial charge is 0.378 e. The number of morpholine rings is 1. The van der Waals surface area contributed by atoms with Crippen molar-refractivity contribution in [3.05, 3.63) is 42.7 Å².